The zero-order valence-corrected chi connectivity index (χ0v) is 11.4. The molecule has 96 valence electrons. The Morgan fingerprint density at radius 3 is 2.83 bits per heavy atom. The zero-order valence-electron chi connectivity index (χ0n) is 10.6. The molecule has 0 aliphatic heterocycles. The smallest absolute Gasteiger partial charge is 0.122 e. The van der Waals surface area contributed by atoms with E-state index in [1.54, 1.807) is 18.0 Å². The van der Waals surface area contributed by atoms with E-state index in [-0.39, 0.29) is 0 Å². The Bertz CT molecular complexity index is 522. The average Bonchev–Trinajstić information content (AvgIpc) is 2.72. The van der Waals surface area contributed by atoms with E-state index >= 15 is 0 Å². The van der Waals surface area contributed by atoms with Gasteiger partial charge in [0.1, 0.15) is 11.5 Å². The van der Waals surface area contributed by atoms with Crippen molar-refractivity contribution < 1.29 is 9.15 Å². The van der Waals surface area contributed by atoms with Crippen molar-refractivity contribution >= 4 is 17.4 Å². The zero-order chi connectivity index (χ0) is 13.0. The normalized spacial score (nSPS) is 10.6. The van der Waals surface area contributed by atoms with Gasteiger partial charge in [-0.05, 0) is 31.5 Å². The molecule has 18 heavy (non-hydrogen) atoms. The Morgan fingerprint density at radius 1 is 1.33 bits per heavy atom. The first-order valence-corrected chi connectivity index (χ1v) is 6.76. The molecule has 1 heterocycles. The fourth-order valence-electron chi connectivity index (χ4n) is 1.56. The molecule has 0 amide bonds. The second kappa shape index (κ2) is 5.87. The van der Waals surface area contributed by atoms with E-state index in [2.05, 4.69) is 6.92 Å². The third-order valence-corrected chi connectivity index (χ3v) is 3.53. The van der Waals surface area contributed by atoms with E-state index in [0.717, 1.165) is 27.7 Å². The summed E-state index contributed by atoms with van der Waals surface area (Å²) in [6.07, 6.45) is 2.68. The van der Waals surface area contributed by atoms with Crippen molar-refractivity contribution in [2.75, 3.05) is 12.3 Å². The number of ether oxygens (including phenoxy) is 1. The number of nitrogen functional groups attached to an aromatic ring is 1. The van der Waals surface area contributed by atoms with Crippen molar-refractivity contribution in [1.82, 2.24) is 0 Å². The van der Waals surface area contributed by atoms with Gasteiger partial charge in [0.15, 0.2) is 0 Å². The predicted octanol–water partition coefficient (Wildman–Crippen LogP) is 4.11. The minimum atomic E-state index is 0.707. The maximum atomic E-state index is 5.88. The molecule has 0 saturated carbocycles. The molecule has 1 aromatic carbocycles. The lowest BCUT2D eigenvalue weighted by Crippen LogP contribution is -1.96. The summed E-state index contributed by atoms with van der Waals surface area (Å²) in [6.45, 7) is 4.73. The molecule has 3 nitrogen and oxygen atoms in total. The number of aryl methyl sites for hydroxylation is 1. The highest BCUT2D eigenvalue weighted by atomic mass is 32.2. The van der Waals surface area contributed by atoms with Gasteiger partial charge in [-0.1, -0.05) is 18.7 Å². The summed E-state index contributed by atoms with van der Waals surface area (Å²) >= 11 is 1.63. The molecule has 0 bridgehead atoms. The van der Waals surface area contributed by atoms with Crippen molar-refractivity contribution in [2.24, 2.45) is 0 Å². The summed E-state index contributed by atoms with van der Waals surface area (Å²) in [5.74, 6) is 1.74. The van der Waals surface area contributed by atoms with Crippen molar-refractivity contribution in [3.8, 4) is 5.75 Å². The van der Waals surface area contributed by atoms with Gasteiger partial charge in [0.25, 0.3) is 0 Å². The fraction of sp³-hybridized carbons (Fsp3) is 0.286. The third kappa shape index (κ3) is 3.23. The summed E-state index contributed by atoms with van der Waals surface area (Å²) in [4.78, 5) is 2.16. The van der Waals surface area contributed by atoms with Crippen LogP contribution < -0.4 is 10.5 Å². The topological polar surface area (TPSA) is 48.4 Å². The minimum Gasteiger partial charge on any atom is -0.493 e. The number of benzene rings is 1. The van der Waals surface area contributed by atoms with Gasteiger partial charge < -0.3 is 14.9 Å². The molecule has 0 unspecified atom stereocenters. The molecule has 0 saturated heterocycles. The molecule has 0 aliphatic carbocycles. The molecule has 0 radical (unpaired) electrons. The number of hydrogen-bond acceptors (Lipinski definition) is 4. The lowest BCUT2D eigenvalue weighted by atomic mass is 10.3. The van der Waals surface area contributed by atoms with Gasteiger partial charge in [0.05, 0.1) is 17.8 Å². The first-order chi connectivity index (χ1) is 8.69. The molecular weight excluding hydrogens is 246 g/mol. The molecule has 2 aromatic rings. The maximum Gasteiger partial charge on any atom is 0.122 e. The van der Waals surface area contributed by atoms with Gasteiger partial charge in [0, 0.05) is 16.6 Å². The van der Waals surface area contributed by atoms with Crippen molar-refractivity contribution in [1.29, 1.82) is 0 Å². The van der Waals surface area contributed by atoms with Gasteiger partial charge in [-0.3, -0.25) is 0 Å². The summed E-state index contributed by atoms with van der Waals surface area (Å²) in [5, 5.41) is 0. The van der Waals surface area contributed by atoms with Crippen molar-refractivity contribution in [3.63, 3.8) is 0 Å². The highest BCUT2D eigenvalue weighted by molar-refractivity contribution is 7.99. The molecular formula is C14H17NO2S. The van der Waals surface area contributed by atoms with E-state index in [4.69, 9.17) is 14.9 Å². The Hall–Kier alpha value is -1.55. The SMILES string of the molecule is CCCOc1cc(N)cc(Sc2ccoc2C)c1. The van der Waals surface area contributed by atoms with Crippen LogP contribution in [0.3, 0.4) is 0 Å². The van der Waals surface area contributed by atoms with E-state index in [0.29, 0.717) is 12.3 Å². The Labute approximate surface area is 111 Å². The minimum absolute atomic E-state index is 0.707. The highest BCUT2D eigenvalue weighted by Gasteiger charge is 2.06. The predicted molar refractivity (Wildman–Crippen MR) is 74.2 cm³/mol. The maximum absolute atomic E-state index is 5.88. The second-order valence-corrected chi connectivity index (χ2v) is 5.14. The van der Waals surface area contributed by atoms with E-state index in [1.807, 2.05) is 31.2 Å². The second-order valence-electron chi connectivity index (χ2n) is 4.03. The molecule has 4 heteroatoms. The van der Waals surface area contributed by atoms with Gasteiger partial charge in [-0.25, -0.2) is 0 Å². The van der Waals surface area contributed by atoms with Crippen molar-refractivity contribution in [3.05, 3.63) is 36.3 Å². The molecule has 1 aromatic heterocycles. The van der Waals surface area contributed by atoms with Gasteiger partial charge in [-0.2, -0.15) is 0 Å². The Balaban J connectivity index is 2.17. The largest absolute Gasteiger partial charge is 0.493 e. The molecule has 2 N–H and O–H groups in total. The Morgan fingerprint density at radius 2 is 2.17 bits per heavy atom. The van der Waals surface area contributed by atoms with Crippen LogP contribution in [-0.4, -0.2) is 6.61 Å². The number of furan rings is 1. The van der Waals surface area contributed by atoms with Gasteiger partial charge in [-0.15, -0.1) is 0 Å². The van der Waals surface area contributed by atoms with Gasteiger partial charge >= 0.3 is 0 Å². The van der Waals surface area contributed by atoms with E-state index < -0.39 is 0 Å². The third-order valence-electron chi connectivity index (χ3n) is 2.41. The lowest BCUT2D eigenvalue weighted by Gasteiger charge is -2.08. The van der Waals surface area contributed by atoms with E-state index in [9.17, 15) is 0 Å². The molecule has 0 spiro atoms. The Kier molecular flexibility index (Phi) is 4.20. The number of nitrogens with two attached hydrogens (primary N) is 1. The standard InChI is InChI=1S/C14H17NO2S/c1-3-5-17-12-7-11(15)8-13(9-12)18-14-4-6-16-10(14)2/h4,6-9H,3,5,15H2,1-2H3. The van der Waals surface area contributed by atoms with Gasteiger partial charge in [0.2, 0.25) is 0 Å². The summed E-state index contributed by atoms with van der Waals surface area (Å²) in [5.41, 5.74) is 6.60. The first-order valence-electron chi connectivity index (χ1n) is 5.94. The molecule has 2 rings (SSSR count). The van der Waals surface area contributed by atoms with Crippen LogP contribution in [0.1, 0.15) is 19.1 Å². The molecule has 0 fully saturated rings. The van der Waals surface area contributed by atoms with Crippen LogP contribution in [0, 0.1) is 6.92 Å². The van der Waals surface area contributed by atoms with Crippen LogP contribution in [0.4, 0.5) is 5.69 Å². The number of rotatable bonds is 5. The summed E-state index contributed by atoms with van der Waals surface area (Å²) < 4.78 is 10.9. The monoisotopic (exact) mass is 263 g/mol. The van der Waals surface area contributed by atoms with Crippen LogP contribution >= 0.6 is 11.8 Å². The number of anilines is 1. The molecule has 0 aliphatic rings. The van der Waals surface area contributed by atoms with Crippen LogP contribution in [0.15, 0.2) is 44.7 Å². The van der Waals surface area contributed by atoms with Crippen LogP contribution in [0.5, 0.6) is 5.75 Å². The number of hydrogen-bond donors (Lipinski definition) is 1. The summed E-state index contributed by atoms with van der Waals surface area (Å²) in [6, 6.07) is 7.75. The van der Waals surface area contributed by atoms with Crippen LogP contribution in [0.25, 0.3) is 0 Å². The summed E-state index contributed by atoms with van der Waals surface area (Å²) in [7, 11) is 0. The highest BCUT2D eigenvalue weighted by Crippen LogP contribution is 2.34. The van der Waals surface area contributed by atoms with E-state index in [1.165, 1.54) is 0 Å². The quantitative estimate of drug-likeness (QED) is 0.825. The lowest BCUT2D eigenvalue weighted by molar-refractivity contribution is 0.317. The van der Waals surface area contributed by atoms with Crippen molar-refractivity contribution in [2.45, 2.75) is 30.1 Å². The van der Waals surface area contributed by atoms with Crippen LogP contribution in [-0.2, 0) is 0 Å². The fourth-order valence-corrected chi connectivity index (χ4v) is 2.50. The average molecular weight is 263 g/mol. The molecule has 0 atom stereocenters. The van der Waals surface area contributed by atoms with Crippen LogP contribution in [0.2, 0.25) is 0 Å². The first kappa shape index (κ1) is 12.9.